The summed E-state index contributed by atoms with van der Waals surface area (Å²) in [6, 6.07) is 14.0. The molecule has 0 heterocycles. The van der Waals surface area contributed by atoms with Crippen molar-refractivity contribution in [3.8, 4) is 0 Å². The molecule has 0 radical (unpaired) electrons. The van der Waals surface area contributed by atoms with Crippen LogP contribution in [0, 0.1) is 13.8 Å². The van der Waals surface area contributed by atoms with E-state index in [2.05, 4.69) is 6.92 Å². The third kappa shape index (κ3) is 4.97. The predicted molar refractivity (Wildman–Crippen MR) is 112 cm³/mol. The van der Waals surface area contributed by atoms with Crippen molar-refractivity contribution in [2.75, 3.05) is 22.9 Å². The molecule has 2 aromatic rings. The van der Waals surface area contributed by atoms with Crippen LogP contribution in [0.15, 0.2) is 42.5 Å². The highest BCUT2D eigenvalue weighted by Gasteiger charge is 2.20. The Labute approximate surface area is 162 Å². The van der Waals surface area contributed by atoms with Gasteiger partial charge in [0, 0.05) is 37.8 Å². The van der Waals surface area contributed by atoms with Gasteiger partial charge in [-0.3, -0.25) is 9.59 Å². The number of carbonyl (C=O) groups is 2. The molecule has 144 valence electrons. The lowest BCUT2D eigenvalue weighted by molar-refractivity contribution is -0.118. The molecule has 0 spiro atoms. The van der Waals surface area contributed by atoms with Gasteiger partial charge in [-0.05, 0) is 56.0 Å². The van der Waals surface area contributed by atoms with E-state index in [0.717, 1.165) is 34.5 Å². The molecule has 0 aliphatic heterocycles. The molecule has 2 amide bonds. The lowest BCUT2D eigenvalue weighted by Crippen LogP contribution is -2.37. The van der Waals surface area contributed by atoms with Crippen molar-refractivity contribution in [3.05, 3.63) is 59.2 Å². The van der Waals surface area contributed by atoms with Crippen molar-refractivity contribution in [2.24, 2.45) is 0 Å². The minimum absolute atomic E-state index is 0.0287. The summed E-state index contributed by atoms with van der Waals surface area (Å²) in [6.07, 6.45) is 1.14. The summed E-state index contributed by atoms with van der Waals surface area (Å²) in [5, 5.41) is 0. The molecule has 4 heteroatoms. The molecule has 0 saturated carbocycles. The first-order chi connectivity index (χ1) is 12.9. The number of hydrogen-bond donors (Lipinski definition) is 0. The molecule has 0 aromatic heterocycles. The molecule has 4 nitrogen and oxygen atoms in total. The Morgan fingerprint density at radius 1 is 0.963 bits per heavy atom. The summed E-state index contributed by atoms with van der Waals surface area (Å²) in [7, 11) is 0. The van der Waals surface area contributed by atoms with Crippen LogP contribution in [-0.4, -0.2) is 24.9 Å². The second-order valence-electron chi connectivity index (χ2n) is 6.83. The molecule has 0 N–H and O–H groups in total. The summed E-state index contributed by atoms with van der Waals surface area (Å²) in [5.74, 6) is -0.00798. The Kier molecular flexibility index (Phi) is 7.17. The summed E-state index contributed by atoms with van der Waals surface area (Å²) < 4.78 is 0. The molecule has 0 atom stereocenters. The number of amides is 2. The summed E-state index contributed by atoms with van der Waals surface area (Å²) in [5.41, 5.74) is 5.16. The third-order valence-corrected chi connectivity index (χ3v) is 4.83. The predicted octanol–water partition coefficient (Wildman–Crippen LogP) is 4.66. The molecule has 0 fully saturated rings. The van der Waals surface area contributed by atoms with E-state index in [1.165, 1.54) is 0 Å². The van der Waals surface area contributed by atoms with E-state index in [1.54, 1.807) is 16.7 Å². The van der Waals surface area contributed by atoms with E-state index >= 15 is 0 Å². The zero-order chi connectivity index (χ0) is 20.0. The molecule has 0 saturated heterocycles. The fraction of sp³-hybridized carbons (Fsp3) is 0.391. The largest absolute Gasteiger partial charge is 0.313 e. The molecule has 2 aromatic carbocycles. The molecule has 2 rings (SSSR count). The van der Waals surface area contributed by atoms with E-state index in [1.807, 2.05) is 63.2 Å². The SMILES string of the molecule is CCc1cccc(C)c1N(CCC(=O)N(CC)c1cccc(C)c1)C(C)=O. The van der Waals surface area contributed by atoms with Gasteiger partial charge in [0.25, 0.3) is 0 Å². The maximum Gasteiger partial charge on any atom is 0.228 e. The molecule has 27 heavy (non-hydrogen) atoms. The van der Waals surface area contributed by atoms with Gasteiger partial charge in [-0.25, -0.2) is 0 Å². The number of rotatable bonds is 7. The van der Waals surface area contributed by atoms with Gasteiger partial charge in [-0.1, -0.05) is 37.3 Å². The first-order valence-electron chi connectivity index (χ1n) is 9.62. The number of carbonyl (C=O) groups excluding carboxylic acids is 2. The lowest BCUT2D eigenvalue weighted by Gasteiger charge is -2.27. The number of nitrogens with zero attached hydrogens (tertiary/aromatic N) is 2. The van der Waals surface area contributed by atoms with Crippen LogP contribution in [0.4, 0.5) is 11.4 Å². The number of para-hydroxylation sites is 1. The first-order valence-corrected chi connectivity index (χ1v) is 9.62. The summed E-state index contributed by atoms with van der Waals surface area (Å²) in [4.78, 5) is 28.7. The van der Waals surface area contributed by atoms with E-state index in [0.29, 0.717) is 19.5 Å². The zero-order valence-corrected chi connectivity index (χ0v) is 17.1. The minimum Gasteiger partial charge on any atom is -0.313 e. The third-order valence-electron chi connectivity index (χ3n) is 4.83. The standard InChI is InChI=1S/C23H30N2O2/c1-6-20-12-9-11-18(4)23(20)25(19(5)26)15-14-22(27)24(7-2)21-13-8-10-17(3)16-21/h8-13,16H,6-7,14-15H2,1-5H3. The highest BCUT2D eigenvalue weighted by atomic mass is 16.2. The Hall–Kier alpha value is -2.62. The second kappa shape index (κ2) is 9.36. The van der Waals surface area contributed by atoms with E-state index in [4.69, 9.17) is 0 Å². The lowest BCUT2D eigenvalue weighted by atomic mass is 10.0. The minimum atomic E-state index is -0.0367. The molecule has 0 aliphatic rings. The number of hydrogen-bond acceptors (Lipinski definition) is 2. The van der Waals surface area contributed by atoms with Crippen molar-refractivity contribution in [1.29, 1.82) is 0 Å². The summed E-state index contributed by atoms with van der Waals surface area (Å²) >= 11 is 0. The molecule has 0 aliphatic carbocycles. The van der Waals surface area contributed by atoms with Crippen LogP contribution in [0.5, 0.6) is 0 Å². The second-order valence-corrected chi connectivity index (χ2v) is 6.83. The van der Waals surface area contributed by atoms with E-state index in [-0.39, 0.29) is 11.8 Å². The van der Waals surface area contributed by atoms with Crippen molar-refractivity contribution >= 4 is 23.2 Å². The number of benzene rings is 2. The smallest absolute Gasteiger partial charge is 0.228 e. The van der Waals surface area contributed by atoms with Gasteiger partial charge in [0.1, 0.15) is 0 Å². The van der Waals surface area contributed by atoms with Crippen LogP contribution in [0.25, 0.3) is 0 Å². The van der Waals surface area contributed by atoms with E-state index in [9.17, 15) is 9.59 Å². The first kappa shape index (κ1) is 20.7. The fourth-order valence-corrected chi connectivity index (χ4v) is 3.46. The molecule has 0 bridgehead atoms. The van der Waals surface area contributed by atoms with Gasteiger partial charge in [0.05, 0.1) is 0 Å². The van der Waals surface area contributed by atoms with Crippen molar-refractivity contribution in [3.63, 3.8) is 0 Å². The normalized spacial score (nSPS) is 10.6. The maximum absolute atomic E-state index is 12.9. The summed E-state index contributed by atoms with van der Waals surface area (Å²) in [6.45, 7) is 10.6. The highest BCUT2D eigenvalue weighted by molar-refractivity contribution is 5.97. The molecular formula is C23H30N2O2. The van der Waals surface area contributed by atoms with Crippen LogP contribution < -0.4 is 9.80 Å². The zero-order valence-electron chi connectivity index (χ0n) is 17.1. The molecular weight excluding hydrogens is 336 g/mol. The Bertz CT molecular complexity index is 814. The maximum atomic E-state index is 12.9. The fourth-order valence-electron chi connectivity index (χ4n) is 3.46. The average Bonchev–Trinajstić information content (AvgIpc) is 2.63. The number of aryl methyl sites for hydroxylation is 3. The average molecular weight is 367 g/mol. The van der Waals surface area contributed by atoms with E-state index < -0.39 is 0 Å². The van der Waals surface area contributed by atoms with Gasteiger partial charge < -0.3 is 9.80 Å². The van der Waals surface area contributed by atoms with Gasteiger partial charge in [0.2, 0.25) is 11.8 Å². The monoisotopic (exact) mass is 366 g/mol. The Morgan fingerprint density at radius 3 is 2.26 bits per heavy atom. The van der Waals surface area contributed by atoms with Crippen molar-refractivity contribution in [1.82, 2.24) is 0 Å². The topological polar surface area (TPSA) is 40.6 Å². The van der Waals surface area contributed by atoms with Gasteiger partial charge in [0.15, 0.2) is 0 Å². The van der Waals surface area contributed by atoms with Crippen LogP contribution in [0.1, 0.15) is 43.9 Å². The van der Waals surface area contributed by atoms with Crippen LogP contribution in [0.3, 0.4) is 0 Å². The van der Waals surface area contributed by atoms with Crippen molar-refractivity contribution in [2.45, 2.75) is 47.5 Å². The van der Waals surface area contributed by atoms with Gasteiger partial charge in [-0.15, -0.1) is 0 Å². The van der Waals surface area contributed by atoms with Gasteiger partial charge >= 0.3 is 0 Å². The Balaban J connectivity index is 2.21. The molecule has 0 unspecified atom stereocenters. The highest BCUT2D eigenvalue weighted by Crippen LogP contribution is 2.26. The number of anilines is 2. The quantitative estimate of drug-likeness (QED) is 0.715. The van der Waals surface area contributed by atoms with Crippen LogP contribution >= 0.6 is 0 Å². The van der Waals surface area contributed by atoms with Crippen LogP contribution in [-0.2, 0) is 16.0 Å². The Morgan fingerprint density at radius 2 is 1.67 bits per heavy atom. The van der Waals surface area contributed by atoms with Gasteiger partial charge in [-0.2, -0.15) is 0 Å². The van der Waals surface area contributed by atoms with Crippen LogP contribution in [0.2, 0.25) is 0 Å². The van der Waals surface area contributed by atoms with Crippen molar-refractivity contribution < 1.29 is 9.59 Å².